The number of methoxy groups -OCH3 is 1. The molecule has 1 atom stereocenters. The highest BCUT2D eigenvalue weighted by atomic mass is 32.2. The summed E-state index contributed by atoms with van der Waals surface area (Å²) in [4.78, 5) is 14.1. The second-order valence-corrected chi connectivity index (χ2v) is 7.04. The molecule has 0 saturated carbocycles. The molecule has 2 aromatic rings. The molecule has 0 aromatic heterocycles. The van der Waals surface area contributed by atoms with Crippen LogP contribution in [0.25, 0.3) is 0 Å². The fraction of sp³-hybridized carbons (Fsp3) is 0.222. The minimum absolute atomic E-state index is 0.0925. The zero-order valence-electron chi connectivity index (χ0n) is 13.2. The van der Waals surface area contributed by atoms with E-state index in [1.165, 1.54) is 17.1 Å². The Labute approximate surface area is 143 Å². The first-order valence-corrected chi connectivity index (χ1v) is 8.52. The van der Waals surface area contributed by atoms with Gasteiger partial charge in [-0.05, 0) is 49.4 Å². The number of fused-ring (bicyclic) bond motifs is 3. The summed E-state index contributed by atoms with van der Waals surface area (Å²) in [6.07, 6.45) is 0. The molecule has 122 valence electrons. The van der Waals surface area contributed by atoms with Crippen LogP contribution in [-0.4, -0.2) is 24.5 Å². The van der Waals surface area contributed by atoms with Crippen molar-refractivity contribution in [2.45, 2.75) is 11.8 Å². The Morgan fingerprint density at radius 2 is 2.00 bits per heavy atom. The van der Waals surface area contributed by atoms with Crippen molar-refractivity contribution in [1.29, 1.82) is 0 Å². The summed E-state index contributed by atoms with van der Waals surface area (Å²) in [6, 6.07) is 11.6. The van der Waals surface area contributed by atoms with E-state index in [4.69, 9.17) is 4.74 Å². The summed E-state index contributed by atoms with van der Waals surface area (Å²) in [6.45, 7) is 1.91. The van der Waals surface area contributed by atoms with Crippen LogP contribution in [-0.2, 0) is 4.79 Å². The molecule has 4 rings (SSSR count). The Bertz CT molecular complexity index is 866. The molecule has 0 saturated heterocycles. The molecule has 0 fully saturated rings. The molecule has 2 aliphatic heterocycles. The summed E-state index contributed by atoms with van der Waals surface area (Å²) >= 11 is 1.64. The van der Waals surface area contributed by atoms with Crippen LogP contribution < -0.4 is 9.75 Å². The number of amides is 1. The normalized spacial score (nSPS) is 22.0. The number of hydrazone groups is 1. The molecule has 1 amide bonds. The molecule has 0 radical (unpaired) electrons. The molecule has 2 heterocycles. The van der Waals surface area contributed by atoms with Gasteiger partial charge in [0.15, 0.2) is 0 Å². The van der Waals surface area contributed by atoms with Crippen LogP contribution in [0.15, 0.2) is 52.5 Å². The van der Waals surface area contributed by atoms with Crippen molar-refractivity contribution in [3.63, 3.8) is 0 Å². The van der Waals surface area contributed by atoms with E-state index >= 15 is 0 Å². The van der Waals surface area contributed by atoms with E-state index in [1.807, 2.05) is 25.1 Å². The summed E-state index contributed by atoms with van der Waals surface area (Å²) in [5, 5.41) is 5.97. The van der Waals surface area contributed by atoms with Gasteiger partial charge in [-0.25, -0.2) is 4.39 Å². The summed E-state index contributed by atoms with van der Waals surface area (Å²) < 4.78 is 18.5. The zero-order chi connectivity index (χ0) is 16.9. The van der Waals surface area contributed by atoms with E-state index in [9.17, 15) is 9.18 Å². The molecular formula is C18H15FN2O2S. The van der Waals surface area contributed by atoms with Gasteiger partial charge in [0.25, 0.3) is 5.91 Å². The number of ether oxygens (including phenoxy) is 1. The standard InChI is InChI=1S/C18H15FN2O2S/c1-18-10-24-15-8-7-13(23-2)9-14(15)16(18)20-21(17(18)22)12-5-3-11(19)4-6-12/h3-9H,10H2,1-2H3. The largest absolute Gasteiger partial charge is 0.497 e. The fourth-order valence-electron chi connectivity index (χ4n) is 3.00. The Morgan fingerprint density at radius 3 is 2.71 bits per heavy atom. The number of benzene rings is 2. The number of hydrogen-bond acceptors (Lipinski definition) is 4. The molecule has 1 unspecified atom stereocenters. The van der Waals surface area contributed by atoms with Crippen molar-refractivity contribution in [2.24, 2.45) is 10.5 Å². The van der Waals surface area contributed by atoms with Crippen LogP contribution in [0.5, 0.6) is 5.75 Å². The number of rotatable bonds is 2. The number of carbonyl (C=O) groups excluding carboxylic acids is 1. The summed E-state index contributed by atoms with van der Waals surface area (Å²) in [7, 11) is 1.61. The number of halogens is 1. The maximum absolute atomic E-state index is 13.2. The quantitative estimate of drug-likeness (QED) is 0.836. The highest BCUT2D eigenvalue weighted by molar-refractivity contribution is 7.99. The van der Waals surface area contributed by atoms with Gasteiger partial charge in [-0.2, -0.15) is 10.1 Å². The molecule has 4 nitrogen and oxygen atoms in total. The third-order valence-corrected chi connectivity index (χ3v) is 5.81. The van der Waals surface area contributed by atoms with Gasteiger partial charge < -0.3 is 4.74 Å². The highest BCUT2D eigenvalue weighted by Gasteiger charge is 2.51. The van der Waals surface area contributed by atoms with Crippen LogP contribution in [0.2, 0.25) is 0 Å². The smallest absolute Gasteiger partial charge is 0.260 e. The van der Waals surface area contributed by atoms with Gasteiger partial charge in [0.1, 0.15) is 17.0 Å². The summed E-state index contributed by atoms with van der Waals surface area (Å²) in [5.41, 5.74) is 1.54. The lowest BCUT2D eigenvalue weighted by atomic mass is 9.82. The van der Waals surface area contributed by atoms with Gasteiger partial charge in [0.2, 0.25) is 0 Å². The predicted molar refractivity (Wildman–Crippen MR) is 92.2 cm³/mol. The number of hydrogen-bond donors (Lipinski definition) is 0. The first kappa shape index (κ1) is 15.2. The lowest BCUT2D eigenvalue weighted by Gasteiger charge is -2.29. The molecule has 2 aliphatic rings. The van der Waals surface area contributed by atoms with E-state index in [2.05, 4.69) is 5.10 Å². The van der Waals surface area contributed by atoms with Gasteiger partial charge in [-0.3, -0.25) is 4.79 Å². The molecule has 6 heteroatoms. The number of thioether (sulfide) groups is 1. The Hall–Kier alpha value is -2.34. The maximum atomic E-state index is 13.2. The minimum atomic E-state index is -0.696. The lowest BCUT2D eigenvalue weighted by Crippen LogP contribution is -2.41. The van der Waals surface area contributed by atoms with E-state index in [1.54, 1.807) is 31.0 Å². The van der Waals surface area contributed by atoms with Crippen molar-refractivity contribution in [1.82, 2.24) is 0 Å². The number of nitrogens with zero attached hydrogens (tertiary/aromatic N) is 2. The second-order valence-electron chi connectivity index (χ2n) is 6.02. The Balaban J connectivity index is 1.84. The summed E-state index contributed by atoms with van der Waals surface area (Å²) in [5.74, 6) is 0.924. The third-order valence-electron chi connectivity index (χ3n) is 4.42. The molecule has 0 bridgehead atoms. The topological polar surface area (TPSA) is 41.9 Å². The average molecular weight is 342 g/mol. The minimum Gasteiger partial charge on any atom is -0.497 e. The third kappa shape index (κ3) is 2.13. The fourth-order valence-corrected chi connectivity index (χ4v) is 4.18. The Kier molecular flexibility index (Phi) is 3.38. The predicted octanol–water partition coefficient (Wildman–Crippen LogP) is 3.70. The molecule has 24 heavy (non-hydrogen) atoms. The molecule has 0 N–H and O–H groups in total. The van der Waals surface area contributed by atoms with E-state index in [-0.39, 0.29) is 11.7 Å². The van der Waals surface area contributed by atoms with Gasteiger partial charge in [0, 0.05) is 16.2 Å². The lowest BCUT2D eigenvalue weighted by molar-refractivity contribution is -0.122. The SMILES string of the molecule is COc1ccc2c(c1)C1=NN(c3ccc(F)cc3)C(=O)C1(C)CS2. The van der Waals surface area contributed by atoms with Crippen molar-refractivity contribution in [3.8, 4) is 5.75 Å². The van der Waals surface area contributed by atoms with Crippen molar-refractivity contribution < 1.29 is 13.9 Å². The first-order valence-electron chi connectivity index (χ1n) is 7.53. The van der Waals surface area contributed by atoms with E-state index < -0.39 is 5.41 Å². The first-order chi connectivity index (χ1) is 11.5. The van der Waals surface area contributed by atoms with E-state index in [0.29, 0.717) is 11.4 Å². The Morgan fingerprint density at radius 1 is 1.25 bits per heavy atom. The van der Waals surface area contributed by atoms with Crippen molar-refractivity contribution in [2.75, 3.05) is 17.9 Å². The van der Waals surface area contributed by atoms with Gasteiger partial charge >= 0.3 is 0 Å². The van der Waals surface area contributed by atoms with Gasteiger partial charge in [0.05, 0.1) is 18.5 Å². The highest BCUT2D eigenvalue weighted by Crippen LogP contribution is 2.46. The van der Waals surface area contributed by atoms with Crippen molar-refractivity contribution in [3.05, 3.63) is 53.8 Å². The maximum Gasteiger partial charge on any atom is 0.260 e. The van der Waals surface area contributed by atoms with Crippen LogP contribution in [0.4, 0.5) is 10.1 Å². The molecular weight excluding hydrogens is 327 g/mol. The number of carbonyl (C=O) groups is 1. The zero-order valence-corrected chi connectivity index (χ0v) is 14.1. The average Bonchev–Trinajstić information content (AvgIpc) is 2.87. The molecule has 0 aliphatic carbocycles. The van der Waals surface area contributed by atoms with Crippen LogP contribution in [0.1, 0.15) is 12.5 Å². The van der Waals surface area contributed by atoms with Crippen LogP contribution >= 0.6 is 11.8 Å². The molecule has 2 aromatic carbocycles. The van der Waals surface area contributed by atoms with E-state index in [0.717, 1.165) is 21.9 Å². The van der Waals surface area contributed by atoms with Crippen molar-refractivity contribution >= 4 is 29.1 Å². The second kappa shape index (κ2) is 5.34. The van der Waals surface area contributed by atoms with Crippen LogP contribution in [0.3, 0.4) is 0 Å². The number of anilines is 1. The molecule has 0 spiro atoms. The van der Waals surface area contributed by atoms with Gasteiger partial charge in [-0.15, -0.1) is 11.8 Å². The monoisotopic (exact) mass is 342 g/mol. The van der Waals surface area contributed by atoms with Crippen LogP contribution in [0, 0.1) is 11.2 Å². The van der Waals surface area contributed by atoms with Gasteiger partial charge in [-0.1, -0.05) is 0 Å².